The molecule has 0 atom stereocenters. The van der Waals surface area contributed by atoms with E-state index >= 15 is 0 Å². The third kappa shape index (κ3) is 6.72. The smallest absolute Gasteiger partial charge is 0.294 e. The van der Waals surface area contributed by atoms with Gasteiger partial charge in [-0.25, -0.2) is 0 Å². The molecule has 11 nitrogen and oxygen atoms in total. The Morgan fingerprint density at radius 1 is 0.718 bits per heavy atom. The van der Waals surface area contributed by atoms with Crippen molar-refractivity contribution < 1.29 is 32.7 Å². The molecule has 197 valence electrons. The Hall–Kier alpha value is -3.55. The van der Waals surface area contributed by atoms with Gasteiger partial charge in [0.15, 0.2) is 11.5 Å². The van der Waals surface area contributed by atoms with Crippen LogP contribution < -0.4 is 9.47 Å². The van der Waals surface area contributed by atoms with Crippen molar-refractivity contribution in [2.24, 2.45) is 20.5 Å². The molecule has 4 aromatic carbocycles. The Morgan fingerprint density at radius 2 is 1.18 bits per heavy atom. The summed E-state index contributed by atoms with van der Waals surface area (Å²) in [5, 5.41) is 38.3. The normalized spacial score (nSPS) is 11.7. The summed E-state index contributed by atoms with van der Waals surface area (Å²) in [6, 6.07) is 17.9. The zero-order valence-corrected chi connectivity index (χ0v) is 24.3. The van der Waals surface area contributed by atoms with Crippen LogP contribution in [0.5, 0.6) is 23.0 Å². The number of phenolic OH excluding ortho intramolecular Hbond substituents is 2. The summed E-state index contributed by atoms with van der Waals surface area (Å²) in [4.78, 5) is -0.437. The van der Waals surface area contributed by atoms with Crippen molar-refractivity contribution >= 4 is 61.8 Å². The average Bonchev–Trinajstić information content (AvgIpc) is 2.92. The van der Waals surface area contributed by atoms with Gasteiger partial charge in [0.1, 0.15) is 22.9 Å². The summed E-state index contributed by atoms with van der Waals surface area (Å²) in [7, 11) is -1.53. The minimum absolute atomic E-state index is 0. The zero-order chi connectivity index (χ0) is 27.3. The quantitative estimate of drug-likeness (QED) is 0.102. The van der Waals surface area contributed by atoms with Crippen LogP contribution in [0.4, 0.5) is 11.4 Å². The summed E-state index contributed by atoms with van der Waals surface area (Å²) in [6.07, 6.45) is 0. The molecule has 0 heterocycles. The van der Waals surface area contributed by atoms with Crippen molar-refractivity contribution in [3.8, 4) is 23.0 Å². The van der Waals surface area contributed by atoms with Crippen LogP contribution in [0.3, 0.4) is 0 Å². The van der Waals surface area contributed by atoms with Crippen molar-refractivity contribution in [3.63, 3.8) is 0 Å². The van der Waals surface area contributed by atoms with Gasteiger partial charge in [0.05, 0.1) is 32.2 Å². The van der Waals surface area contributed by atoms with Gasteiger partial charge in [-0.3, -0.25) is 4.55 Å². The van der Waals surface area contributed by atoms with E-state index in [1.54, 1.807) is 36.4 Å². The van der Waals surface area contributed by atoms with Crippen LogP contribution in [0.1, 0.15) is 11.1 Å². The average molecular weight is 560 g/mol. The number of para-hydroxylation sites is 2. The second-order valence-electron chi connectivity index (χ2n) is 8.00. The number of aromatic hydroxyl groups is 2. The number of methoxy groups -OCH3 is 2. The van der Waals surface area contributed by atoms with Crippen molar-refractivity contribution in [3.05, 3.63) is 77.9 Å². The molecule has 0 saturated heterocycles. The van der Waals surface area contributed by atoms with Crippen LogP contribution in [0, 0.1) is 0 Å². The van der Waals surface area contributed by atoms with Crippen LogP contribution >= 0.6 is 0 Å². The molecular formula is C26H24N4NaO7S. The molecule has 0 fully saturated rings. The van der Waals surface area contributed by atoms with Gasteiger partial charge in [-0.15, -0.1) is 0 Å². The fourth-order valence-electron chi connectivity index (χ4n) is 3.80. The number of phenols is 2. The molecule has 0 saturated carbocycles. The van der Waals surface area contributed by atoms with Gasteiger partial charge in [0.2, 0.25) is 0 Å². The first-order valence-electron chi connectivity index (χ1n) is 11.2. The Morgan fingerprint density at radius 3 is 1.64 bits per heavy atom. The predicted molar refractivity (Wildman–Crippen MR) is 145 cm³/mol. The fraction of sp³-hybridized carbons (Fsp3) is 0.154. The summed E-state index contributed by atoms with van der Waals surface area (Å²) >= 11 is 0. The molecule has 0 aliphatic carbocycles. The first-order chi connectivity index (χ1) is 18.2. The van der Waals surface area contributed by atoms with Gasteiger partial charge >= 0.3 is 0 Å². The standard InChI is InChI=1S/C26H24N4O7S.Na/c1-36-21-9-5-3-7-16(21)14-27-29-23-19-12-11-18(38(33,34)35)13-20(19)24(26(32)25(23)31)30-28-15-17-8-4-6-10-22(17)37-2;/h3-13,31-32H,14-15H2,1-2H3,(H,33,34,35);. The number of benzene rings is 4. The van der Waals surface area contributed by atoms with Crippen molar-refractivity contribution in [2.45, 2.75) is 18.0 Å². The molecular weight excluding hydrogens is 535 g/mol. The summed E-state index contributed by atoms with van der Waals surface area (Å²) in [5.74, 6) is -0.109. The molecule has 0 aromatic heterocycles. The van der Waals surface area contributed by atoms with E-state index in [9.17, 15) is 23.2 Å². The van der Waals surface area contributed by atoms with E-state index in [-0.39, 0.29) is 64.8 Å². The molecule has 3 N–H and O–H groups in total. The minimum Gasteiger partial charge on any atom is -0.503 e. The Bertz CT molecular complexity index is 1660. The molecule has 0 spiro atoms. The van der Waals surface area contributed by atoms with Gasteiger partial charge in [0.25, 0.3) is 10.1 Å². The van der Waals surface area contributed by atoms with E-state index < -0.39 is 26.5 Å². The third-order valence-corrected chi connectivity index (χ3v) is 6.53. The molecule has 0 aliphatic heterocycles. The molecule has 0 aliphatic rings. The van der Waals surface area contributed by atoms with Crippen LogP contribution in [-0.2, 0) is 23.2 Å². The number of azo groups is 2. The predicted octanol–water partition coefficient (Wildman–Crippen LogP) is 5.70. The maximum atomic E-state index is 11.8. The van der Waals surface area contributed by atoms with Crippen LogP contribution in [-0.4, -0.2) is 67.0 Å². The van der Waals surface area contributed by atoms with Gasteiger partial charge in [-0.1, -0.05) is 42.5 Å². The Kier molecular flexibility index (Phi) is 10.0. The second kappa shape index (κ2) is 13.0. The molecule has 1 radical (unpaired) electrons. The largest absolute Gasteiger partial charge is 0.503 e. The first-order valence-corrected chi connectivity index (χ1v) is 12.7. The van der Waals surface area contributed by atoms with Crippen LogP contribution in [0.2, 0.25) is 0 Å². The molecule has 13 heteroatoms. The maximum absolute atomic E-state index is 11.8. The van der Waals surface area contributed by atoms with E-state index in [1.807, 2.05) is 12.1 Å². The molecule has 0 unspecified atom stereocenters. The Balaban J connectivity index is 0.00000420. The second-order valence-corrected chi connectivity index (χ2v) is 9.42. The third-order valence-electron chi connectivity index (χ3n) is 5.68. The monoisotopic (exact) mass is 559 g/mol. The van der Waals surface area contributed by atoms with Gasteiger partial charge in [-0.05, 0) is 24.3 Å². The summed E-state index contributed by atoms with van der Waals surface area (Å²) < 4.78 is 43.8. The van der Waals surface area contributed by atoms with Gasteiger partial charge in [-0.2, -0.15) is 28.9 Å². The van der Waals surface area contributed by atoms with E-state index in [1.165, 1.54) is 20.3 Å². The van der Waals surface area contributed by atoms with Gasteiger partial charge < -0.3 is 19.7 Å². The number of nitrogens with zero attached hydrogens (tertiary/aromatic N) is 4. The fourth-order valence-corrected chi connectivity index (χ4v) is 4.31. The number of hydrogen-bond acceptors (Lipinski definition) is 10. The number of rotatable bonds is 9. The van der Waals surface area contributed by atoms with E-state index in [4.69, 9.17) is 9.47 Å². The number of fused-ring (bicyclic) bond motifs is 1. The van der Waals surface area contributed by atoms with E-state index in [0.29, 0.717) is 17.1 Å². The van der Waals surface area contributed by atoms with Crippen LogP contribution in [0.15, 0.2) is 92.1 Å². The number of hydrogen-bond donors (Lipinski definition) is 3. The van der Waals surface area contributed by atoms with Crippen molar-refractivity contribution in [1.29, 1.82) is 0 Å². The van der Waals surface area contributed by atoms with E-state index in [2.05, 4.69) is 20.5 Å². The zero-order valence-electron chi connectivity index (χ0n) is 21.4. The summed E-state index contributed by atoms with van der Waals surface area (Å²) in [6.45, 7) is 0.180. The molecule has 39 heavy (non-hydrogen) atoms. The van der Waals surface area contributed by atoms with Gasteiger partial charge in [0, 0.05) is 51.5 Å². The topological polar surface area (TPSA) is 163 Å². The minimum atomic E-state index is -4.58. The van der Waals surface area contributed by atoms with Crippen molar-refractivity contribution in [1.82, 2.24) is 0 Å². The SMILES string of the molecule is COc1ccccc1CN=Nc1c(O)c(O)c(N=NCc2ccccc2OC)c2cc(S(=O)(=O)O)ccc12.[Na]. The summed E-state index contributed by atoms with van der Waals surface area (Å²) in [5.41, 5.74) is 1.13. The molecule has 4 aromatic rings. The first kappa shape index (κ1) is 30.0. The molecule has 0 bridgehead atoms. The van der Waals surface area contributed by atoms with E-state index in [0.717, 1.165) is 17.7 Å². The van der Waals surface area contributed by atoms with Crippen molar-refractivity contribution in [2.75, 3.05) is 14.2 Å². The molecule has 0 amide bonds. The molecule has 4 rings (SSSR count). The van der Waals surface area contributed by atoms with Crippen LogP contribution in [0.25, 0.3) is 10.8 Å². The maximum Gasteiger partial charge on any atom is 0.294 e. The Labute approximate surface area is 246 Å². The number of ether oxygens (including phenoxy) is 2.